The van der Waals surface area contributed by atoms with Gasteiger partial charge in [-0.2, -0.15) is 0 Å². The first-order valence-corrected chi connectivity index (χ1v) is 10.8. The second-order valence-corrected chi connectivity index (χ2v) is 8.59. The van der Waals surface area contributed by atoms with E-state index >= 15 is 0 Å². The van der Waals surface area contributed by atoms with Crippen LogP contribution in [0.25, 0.3) is 0 Å². The molecule has 22 heavy (non-hydrogen) atoms. The number of rotatable bonds is 11. The molecule has 0 saturated heterocycles. The van der Waals surface area contributed by atoms with E-state index in [1.807, 2.05) is 12.1 Å². The third kappa shape index (κ3) is 7.15. The van der Waals surface area contributed by atoms with Crippen LogP contribution in [0.3, 0.4) is 0 Å². The fourth-order valence-electron chi connectivity index (χ4n) is 2.86. The van der Waals surface area contributed by atoms with Gasteiger partial charge in [0.25, 0.3) is 9.05 Å². The molecule has 0 heterocycles. The molecule has 0 aliphatic heterocycles. The fourth-order valence-corrected chi connectivity index (χ4v) is 3.63. The molecular formula is C18H29ClO2S. The maximum absolute atomic E-state index is 11.3. The Morgan fingerprint density at radius 2 is 1.45 bits per heavy atom. The molecule has 0 N–H and O–H groups in total. The van der Waals surface area contributed by atoms with E-state index in [1.54, 1.807) is 12.1 Å². The highest BCUT2D eigenvalue weighted by molar-refractivity contribution is 8.13. The van der Waals surface area contributed by atoms with Crippen LogP contribution >= 0.6 is 10.7 Å². The predicted molar refractivity (Wildman–Crippen MR) is 95.1 cm³/mol. The third-order valence-corrected chi connectivity index (χ3v) is 5.65. The second kappa shape index (κ2) is 10.3. The molecule has 0 radical (unpaired) electrons. The van der Waals surface area contributed by atoms with E-state index in [0.29, 0.717) is 5.92 Å². The lowest BCUT2D eigenvalue weighted by atomic mass is 9.91. The lowest BCUT2D eigenvalue weighted by Crippen LogP contribution is -1.99. The van der Waals surface area contributed by atoms with Crippen molar-refractivity contribution in [1.29, 1.82) is 0 Å². The van der Waals surface area contributed by atoms with Crippen molar-refractivity contribution in [3.63, 3.8) is 0 Å². The molecule has 0 amide bonds. The summed E-state index contributed by atoms with van der Waals surface area (Å²) in [5.74, 6) is 0.516. The predicted octanol–water partition coefficient (Wildman–Crippen LogP) is 6.25. The van der Waals surface area contributed by atoms with Crippen LogP contribution in [0, 0.1) is 0 Å². The SMILES string of the molecule is CCCCCCCCCC(CC)c1ccc(S(=O)(=O)Cl)cc1. The fraction of sp³-hybridized carbons (Fsp3) is 0.667. The van der Waals surface area contributed by atoms with Gasteiger partial charge in [0.15, 0.2) is 0 Å². The van der Waals surface area contributed by atoms with Crippen LogP contribution in [0.4, 0.5) is 0 Å². The van der Waals surface area contributed by atoms with Crippen molar-refractivity contribution in [3.05, 3.63) is 29.8 Å². The van der Waals surface area contributed by atoms with Gasteiger partial charge in [-0.1, -0.05) is 70.9 Å². The van der Waals surface area contributed by atoms with Crippen LogP contribution in [0.15, 0.2) is 29.2 Å². The molecule has 1 aromatic carbocycles. The van der Waals surface area contributed by atoms with Crippen molar-refractivity contribution in [2.45, 2.75) is 82.4 Å². The maximum atomic E-state index is 11.3. The highest BCUT2D eigenvalue weighted by atomic mass is 35.7. The van der Waals surface area contributed by atoms with Gasteiger partial charge in [0.2, 0.25) is 0 Å². The van der Waals surface area contributed by atoms with E-state index in [2.05, 4.69) is 13.8 Å². The molecule has 0 aliphatic carbocycles. The summed E-state index contributed by atoms with van der Waals surface area (Å²) in [4.78, 5) is 0.184. The summed E-state index contributed by atoms with van der Waals surface area (Å²) in [6.45, 7) is 4.44. The average molecular weight is 345 g/mol. The van der Waals surface area contributed by atoms with Crippen molar-refractivity contribution >= 4 is 19.7 Å². The molecule has 4 heteroatoms. The van der Waals surface area contributed by atoms with Crippen LogP contribution in [-0.2, 0) is 9.05 Å². The van der Waals surface area contributed by atoms with Gasteiger partial charge in [0, 0.05) is 10.7 Å². The summed E-state index contributed by atoms with van der Waals surface area (Å²) in [5.41, 5.74) is 1.22. The molecule has 1 rings (SSSR count). The van der Waals surface area contributed by atoms with Crippen molar-refractivity contribution < 1.29 is 8.42 Å². The Bertz CT molecular complexity index is 508. The Labute approximate surface area is 140 Å². The van der Waals surface area contributed by atoms with Crippen LogP contribution in [0.1, 0.15) is 83.1 Å². The molecule has 126 valence electrons. The first-order chi connectivity index (χ1) is 10.5. The summed E-state index contributed by atoms with van der Waals surface area (Å²) >= 11 is 0. The lowest BCUT2D eigenvalue weighted by molar-refractivity contribution is 0.525. The molecule has 0 spiro atoms. The number of hydrogen-bond donors (Lipinski definition) is 0. The van der Waals surface area contributed by atoms with Crippen LogP contribution in [-0.4, -0.2) is 8.42 Å². The van der Waals surface area contributed by atoms with Crippen molar-refractivity contribution in [3.8, 4) is 0 Å². The van der Waals surface area contributed by atoms with Gasteiger partial charge < -0.3 is 0 Å². The molecule has 0 aliphatic rings. The Hall–Kier alpha value is -0.540. The summed E-state index contributed by atoms with van der Waals surface area (Å²) in [7, 11) is 1.74. The Morgan fingerprint density at radius 3 is 1.95 bits per heavy atom. The molecule has 0 saturated carbocycles. The monoisotopic (exact) mass is 344 g/mol. The Kier molecular flexibility index (Phi) is 9.11. The average Bonchev–Trinajstić information content (AvgIpc) is 2.49. The normalized spacial score (nSPS) is 13.2. The molecule has 0 bridgehead atoms. The molecule has 1 atom stereocenters. The zero-order chi connectivity index (χ0) is 16.4. The van der Waals surface area contributed by atoms with E-state index < -0.39 is 9.05 Å². The third-order valence-electron chi connectivity index (χ3n) is 4.28. The van der Waals surface area contributed by atoms with E-state index in [0.717, 1.165) is 6.42 Å². The summed E-state index contributed by atoms with van der Waals surface area (Å²) in [6.07, 6.45) is 11.5. The van der Waals surface area contributed by atoms with Crippen molar-refractivity contribution in [1.82, 2.24) is 0 Å². The standard InChI is InChI=1S/C18H29ClO2S/c1-3-5-6-7-8-9-10-11-16(4-2)17-12-14-18(15-13-17)22(19,20)21/h12-16H,3-11H2,1-2H3. The van der Waals surface area contributed by atoms with Gasteiger partial charge in [-0.15, -0.1) is 0 Å². The number of unbranched alkanes of at least 4 members (excludes halogenated alkanes) is 6. The second-order valence-electron chi connectivity index (χ2n) is 6.02. The summed E-state index contributed by atoms with van der Waals surface area (Å²) < 4.78 is 22.5. The molecule has 1 aromatic rings. The van der Waals surface area contributed by atoms with E-state index in [1.165, 1.54) is 56.9 Å². The van der Waals surface area contributed by atoms with E-state index in [-0.39, 0.29) is 4.90 Å². The van der Waals surface area contributed by atoms with Crippen molar-refractivity contribution in [2.24, 2.45) is 0 Å². The zero-order valence-electron chi connectivity index (χ0n) is 13.9. The molecular weight excluding hydrogens is 316 g/mol. The molecule has 0 aromatic heterocycles. The van der Waals surface area contributed by atoms with E-state index in [9.17, 15) is 8.42 Å². The number of benzene rings is 1. The number of halogens is 1. The minimum Gasteiger partial charge on any atom is -0.207 e. The van der Waals surface area contributed by atoms with Crippen LogP contribution < -0.4 is 0 Å². The zero-order valence-corrected chi connectivity index (χ0v) is 15.4. The highest BCUT2D eigenvalue weighted by Crippen LogP contribution is 2.27. The lowest BCUT2D eigenvalue weighted by Gasteiger charge is -2.15. The van der Waals surface area contributed by atoms with Gasteiger partial charge in [-0.05, 0) is 36.5 Å². The van der Waals surface area contributed by atoms with Gasteiger partial charge in [0.05, 0.1) is 4.90 Å². The van der Waals surface area contributed by atoms with Gasteiger partial charge in [0.1, 0.15) is 0 Å². The van der Waals surface area contributed by atoms with Gasteiger partial charge >= 0.3 is 0 Å². The highest BCUT2D eigenvalue weighted by Gasteiger charge is 2.13. The van der Waals surface area contributed by atoms with E-state index in [4.69, 9.17) is 10.7 Å². The molecule has 2 nitrogen and oxygen atoms in total. The van der Waals surface area contributed by atoms with Gasteiger partial charge in [-0.25, -0.2) is 8.42 Å². The van der Waals surface area contributed by atoms with Crippen molar-refractivity contribution in [2.75, 3.05) is 0 Å². The Morgan fingerprint density at radius 1 is 0.909 bits per heavy atom. The molecule has 1 unspecified atom stereocenters. The molecule has 0 fully saturated rings. The summed E-state index contributed by atoms with van der Waals surface area (Å²) in [6, 6.07) is 7.05. The summed E-state index contributed by atoms with van der Waals surface area (Å²) in [5, 5.41) is 0. The topological polar surface area (TPSA) is 34.1 Å². The minimum absolute atomic E-state index is 0.184. The smallest absolute Gasteiger partial charge is 0.207 e. The quantitative estimate of drug-likeness (QED) is 0.351. The maximum Gasteiger partial charge on any atom is 0.261 e. The largest absolute Gasteiger partial charge is 0.261 e. The first kappa shape index (κ1) is 19.5. The van der Waals surface area contributed by atoms with Crippen LogP contribution in [0.5, 0.6) is 0 Å². The first-order valence-electron chi connectivity index (χ1n) is 8.53. The number of hydrogen-bond acceptors (Lipinski definition) is 2. The van der Waals surface area contributed by atoms with Crippen LogP contribution in [0.2, 0.25) is 0 Å². The Balaban J connectivity index is 2.41. The van der Waals surface area contributed by atoms with Gasteiger partial charge in [-0.3, -0.25) is 0 Å². The minimum atomic E-state index is -3.61.